The molecule has 0 fully saturated rings. The van der Waals surface area contributed by atoms with Crippen LogP contribution in [-0.2, 0) is 0 Å². The molecule has 1 aromatic rings. The van der Waals surface area contributed by atoms with Gasteiger partial charge in [0, 0.05) is 12.2 Å². The van der Waals surface area contributed by atoms with Gasteiger partial charge in [0.1, 0.15) is 0 Å². The summed E-state index contributed by atoms with van der Waals surface area (Å²) >= 11 is 0. The minimum Gasteiger partial charge on any atom is -0.348 e. The summed E-state index contributed by atoms with van der Waals surface area (Å²) in [5.74, 6) is -0.116. The third-order valence-electron chi connectivity index (χ3n) is 1.63. The lowest BCUT2D eigenvalue weighted by Gasteiger charge is -2.02. The van der Waals surface area contributed by atoms with Crippen molar-refractivity contribution < 1.29 is 4.79 Å². The molecule has 0 saturated heterocycles. The van der Waals surface area contributed by atoms with E-state index in [1.54, 1.807) is 0 Å². The van der Waals surface area contributed by atoms with Crippen LogP contribution in [0.3, 0.4) is 0 Å². The van der Waals surface area contributed by atoms with E-state index in [2.05, 4.69) is 22.1 Å². The third kappa shape index (κ3) is 2.43. The molecule has 0 aliphatic carbocycles. The zero-order valence-corrected chi connectivity index (χ0v) is 7.85. The molecule has 0 unspecified atom stereocenters. The van der Waals surface area contributed by atoms with Gasteiger partial charge in [0.2, 0.25) is 0 Å². The van der Waals surface area contributed by atoms with Crippen LogP contribution in [0, 0.1) is 6.92 Å². The van der Waals surface area contributed by atoms with E-state index >= 15 is 0 Å². The van der Waals surface area contributed by atoms with Crippen LogP contribution in [0.2, 0.25) is 0 Å². The normalized spacial score (nSPS) is 9.69. The highest BCUT2D eigenvalue weighted by Gasteiger charge is 2.09. The number of aromatic amines is 1. The number of carbonyl (C=O) groups excluding carboxylic acids is 1. The zero-order chi connectivity index (χ0) is 9.84. The monoisotopic (exact) mass is 179 g/mol. The van der Waals surface area contributed by atoms with E-state index in [0.717, 1.165) is 11.3 Å². The fourth-order valence-corrected chi connectivity index (χ4v) is 0.906. The van der Waals surface area contributed by atoms with Crippen molar-refractivity contribution in [2.45, 2.75) is 13.8 Å². The first kappa shape index (κ1) is 9.51. The Labute approximate surface area is 77.0 Å². The smallest absolute Gasteiger partial charge is 0.254 e. The zero-order valence-electron chi connectivity index (χ0n) is 7.85. The number of nitrogens with one attached hydrogen (secondary N) is 2. The maximum atomic E-state index is 11.4. The van der Waals surface area contributed by atoms with Crippen LogP contribution in [0.15, 0.2) is 18.3 Å². The second-order valence-electron chi connectivity index (χ2n) is 3.05. The highest BCUT2D eigenvalue weighted by Crippen LogP contribution is 2.01. The van der Waals surface area contributed by atoms with Crippen molar-refractivity contribution in [3.05, 3.63) is 29.6 Å². The van der Waals surface area contributed by atoms with E-state index in [4.69, 9.17) is 0 Å². The molecule has 4 nitrogen and oxygen atoms in total. The van der Waals surface area contributed by atoms with Crippen molar-refractivity contribution in [3.63, 3.8) is 0 Å². The van der Waals surface area contributed by atoms with Crippen LogP contribution in [0.4, 0.5) is 0 Å². The average Bonchev–Trinajstić information content (AvgIpc) is 2.47. The molecule has 0 aliphatic heterocycles. The van der Waals surface area contributed by atoms with Gasteiger partial charge >= 0.3 is 0 Å². The molecular weight excluding hydrogens is 166 g/mol. The number of rotatable bonds is 3. The second kappa shape index (κ2) is 3.89. The number of hydrogen-bond donors (Lipinski definition) is 2. The Kier molecular flexibility index (Phi) is 2.84. The Morgan fingerprint density at radius 3 is 2.92 bits per heavy atom. The lowest BCUT2D eigenvalue weighted by atomic mass is 10.2. The Bertz CT molecular complexity index is 327. The molecule has 0 radical (unpaired) electrons. The molecule has 13 heavy (non-hydrogen) atoms. The number of H-pyrrole nitrogens is 1. The van der Waals surface area contributed by atoms with Gasteiger partial charge in [-0.3, -0.25) is 9.89 Å². The molecule has 1 heterocycles. The summed E-state index contributed by atoms with van der Waals surface area (Å²) in [6.45, 7) is 7.87. The summed E-state index contributed by atoms with van der Waals surface area (Å²) in [5.41, 5.74) is 2.29. The Morgan fingerprint density at radius 1 is 1.77 bits per heavy atom. The third-order valence-corrected chi connectivity index (χ3v) is 1.63. The van der Waals surface area contributed by atoms with Crippen molar-refractivity contribution in [3.8, 4) is 0 Å². The molecule has 1 rings (SSSR count). The molecule has 70 valence electrons. The van der Waals surface area contributed by atoms with Gasteiger partial charge in [0.05, 0.1) is 11.8 Å². The fourth-order valence-electron chi connectivity index (χ4n) is 0.906. The molecule has 4 heteroatoms. The Hall–Kier alpha value is -1.58. The molecule has 2 N–H and O–H groups in total. The van der Waals surface area contributed by atoms with Crippen LogP contribution in [-0.4, -0.2) is 22.6 Å². The van der Waals surface area contributed by atoms with Crippen LogP contribution in [0.1, 0.15) is 23.0 Å². The number of aryl methyl sites for hydroxylation is 1. The maximum absolute atomic E-state index is 11.4. The SMILES string of the molecule is C=C(C)CNC(=O)c1cn[nH]c1C. The van der Waals surface area contributed by atoms with Crippen molar-refractivity contribution in [1.82, 2.24) is 15.5 Å². The van der Waals surface area contributed by atoms with Gasteiger partial charge in [-0.05, 0) is 13.8 Å². The summed E-state index contributed by atoms with van der Waals surface area (Å²) in [5, 5.41) is 9.19. The van der Waals surface area contributed by atoms with E-state index in [0.29, 0.717) is 12.1 Å². The molecular formula is C9H13N3O. The molecule has 1 amide bonds. The number of amides is 1. The molecule has 1 aromatic heterocycles. The lowest BCUT2D eigenvalue weighted by Crippen LogP contribution is -2.25. The van der Waals surface area contributed by atoms with Crippen LogP contribution in [0.5, 0.6) is 0 Å². The number of nitrogens with zero attached hydrogens (tertiary/aromatic N) is 1. The number of aromatic nitrogens is 2. The minimum absolute atomic E-state index is 0.116. The Balaban J connectivity index is 2.59. The quantitative estimate of drug-likeness (QED) is 0.681. The van der Waals surface area contributed by atoms with E-state index in [9.17, 15) is 4.79 Å². The van der Waals surface area contributed by atoms with E-state index < -0.39 is 0 Å². The van der Waals surface area contributed by atoms with Crippen molar-refractivity contribution in [2.24, 2.45) is 0 Å². The van der Waals surface area contributed by atoms with Crippen molar-refractivity contribution >= 4 is 5.91 Å². The van der Waals surface area contributed by atoms with Gasteiger partial charge in [-0.15, -0.1) is 0 Å². The molecule has 0 aliphatic rings. The Morgan fingerprint density at radius 2 is 2.46 bits per heavy atom. The topological polar surface area (TPSA) is 57.8 Å². The van der Waals surface area contributed by atoms with Crippen LogP contribution in [0.25, 0.3) is 0 Å². The fraction of sp³-hybridized carbons (Fsp3) is 0.333. The summed E-state index contributed by atoms with van der Waals surface area (Å²) in [6.07, 6.45) is 1.52. The van der Waals surface area contributed by atoms with E-state index in [1.807, 2.05) is 13.8 Å². The largest absolute Gasteiger partial charge is 0.348 e. The van der Waals surface area contributed by atoms with Gasteiger partial charge in [-0.25, -0.2) is 0 Å². The molecule has 0 saturated carbocycles. The van der Waals surface area contributed by atoms with E-state index in [1.165, 1.54) is 6.20 Å². The standard InChI is InChI=1S/C9H13N3O/c1-6(2)4-10-9(13)8-5-11-12-7(8)3/h5H,1,4H2,2-3H3,(H,10,13)(H,11,12). The highest BCUT2D eigenvalue weighted by molar-refractivity contribution is 5.95. The molecule has 0 bridgehead atoms. The first-order valence-corrected chi connectivity index (χ1v) is 4.04. The summed E-state index contributed by atoms with van der Waals surface area (Å²) in [7, 11) is 0. The number of hydrogen-bond acceptors (Lipinski definition) is 2. The lowest BCUT2D eigenvalue weighted by molar-refractivity contribution is 0.0956. The molecule has 0 aromatic carbocycles. The minimum atomic E-state index is -0.116. The van der Waals surface area contributed by atoms with Crippen molar-refractivity contribution in [1.29, 1.82) is 0 Å². The maximum Gasteiger partial charge on any atom is 0.254 e. The van der Waals surface area contributed by atoms with Gasteiger partial charge in [-0.2, -0.15) is 5.10 Å². The summed E-state index contributed by atoms with van der Waals surface area (Å²) < 4.78 is 0. The molecule has 0 atom stereocenters. The first-order valence-electron chi connectivity index (χ1n) is 4.04. The predicted molar refractivity (Wildman–Crippen MR) is 50.5 cm³/mol. The van der Waals surface area contributed by atoms with Crippen molar-refractivity contribution in [2.75, 3.05) is 6.54 Å². The van der Waals surface area contributed by atoms with Gasteiger partial charge in [-0.1, -0.05) is 12.2 Å². The average molecular weight is 179 g/mol. The van der Waals surface area contributed by atoms with Crippen LogP contribution >= 0.6 is 0 Å². The number of carbonyl (C=O) groups is 1. The summed E-state index contributed by atoms with van der Waals surface area (Å²) in [4.78, 5) is 11.4. The van der Waals surface area contributed by atoms with Gasteiger partial charge in [0.15, 0.2) is 0 Å². The van der Waals surface area contributed by atoms with Crippen LogP contribution < -0.4 is 5.32 Å². The van der Waals surface area contributed by atoms with Gasteiger partial charge in [0.25, 0.3) is 5.91 Å². The second-order valence-corrected chi connectivity index (χ2v) is 3.05. The molecule has 0 spiro atoms. The predicted octanol–water partition coefficient (Wildman–Crippen LogP) is 1.02. The first-order chi connectivity index (χ1) is 6.11. The van der Waals surface area contributed by atoms with Gasteiger partial charge < -0.3 is 5.32 Å². The highest BCUT2D eigenvalue weighted by atomic mass is 16.1. The van der Waals surface area contributed by atoms with E-state index in [-0.39, 0.29) is 5.91 Å². The summed E-state index contributed by atoms with van der Waals surface area (Å²) in [6, 6.07) is 0.